The number of benzene rings is 1. The number of nitrogens with zero attached hydrogens (tertiary/aromatic N) is 3. The van der Waals surface area contributed by atoms with Crippen LogP contribution in [-0.2, 0) is 16.0 Å². The summed E-state index contributed by atoms with van der Waals surface area (Å²) in [6, 6.07) is 7.46. The number of hydrogen-bond acceptors (Lipinski definition) is 6. The van der Waals surface area contributed by atoms with Crippen molar-refractivity contribution in [3.8, 4) is 5.75 Å². The van der Waals surface area contributed by atoms with Gasteiger partial charge in [0.15, 0.2) is 12.1 Å². The third-order valence-electron chi connectivity index (χ3n) is 5.11. The molecule has 3 heterocycles. The van der Waals surface area contributed by atoms with Gasteiger partial charge in [0.1, 0.15) is 17.1 Å². The van der Waals surface area contributed by atoms with Crippen LogP contribution in [0.2, 0.25) is 0 Å². The van der Waals surface area contributed by atoms with Crippen LogP contribution >= 0.6 is 0 Å². The first kappa shape index (κ1) is 20.1. The van der Waals surface area contributed by atoms with Crippen LogP contribution in [0.25, 0.3) is 11.0 Å². The summed E-state index contributed by atoms with van der Waals surface area (Å²) in [5.74, 6) is 1.21. The molecule has 2 aromatic heterocycles. The number of para-hydroxylation sites is 1. The zero-order chi connectivity index (χ0) is 21.1. The molecular formula is C21H25N5O4. The number of nitrogens with one attached hydrogen (secondary N) is 2. The molecule has 1 amide bonds. The van der Waals surface area contributed by atoms with Crippen molar-refractivity contribution in [2.24, 2.45) is 0 Å². The molecule has 1 aliphatic heterocycles. The van der Waals surface area contributed by atoms with Crippen molar-refractivity contribution in [3.05, 3.63) is 51.7 Å². The van der Waals surface area contributed by atoms with E-state index in [1.54, 1.807) is 4.90 Å². The number of carbonyl (C=O) groups excluding carboxylic acids is 1. The van der Waals surface area contributed by atoms with E-state index in [2.05, 4.69) is 20.2 Å². The highest BCUT2D eigenvalue weighted by Gasteiger charge is 2.19. The second-order valence-corrected chi connectivity index (χ2v) is 7.57. The van der Waals surface area contributed by atoms with Crippen LogP contribution in [0.4, 0.5) is 0 Å². The molecule has 0 bridgehead atoms. The van der Waals surface area contributed by atoms with Crippen LogP contribution in [0, 0.1) is 0 Å². The molecule has 30 heavy (non-hydrogen) atoms. The number of carbonyl (C=O) groups is 1. The normalized spacial score (nSPS) is 14.4. The highest BCUT2D eigenvalue weighted by molar-refractivity contribution is 5.78. The van der Waals surface area contributed by atoms with Crippen molar-refractivity contribution in [2.45, 2.75) is 26.2 Å². The average Bonchev–Trinajstić information content (AvgIpc) is 3.18. The number of H-pyrrole nitrogens is 2. The smallest absolute Gasteiger partial charge is 0.279 e. The predicted molar refractivity (Wildman–Crippen MR) is 111 cm³/mol. The van der Waals surface area contributed by atoms with Crippen LogP contribution in [0.15, 0.2) is 29.1 Å². The maximum atomic E-state index is 12.4. The molecule has 0 saturated carbocycles. The molecule has 9 heteroatoms. The van der Waals surface area contributed by atoms with Crippen molar-refractivity contribution in [3.63, 3.8) is 0 Å². The van der Waals surface area contributed by atoms with Gasteiger partial charge in [-0.2, -0.15) is 5.10 Å². The molecule has 0 atom stereocenters. The molecule has 158 valence electrons. The minimum absolute atomic E-state index is 0.0424. The predicted octanol–water partition coefficient (Wildman–Crippen LogP) is 1.60. The van der Waals surface area contributed by atoms with E-state index in [-0.39, 0.29) is 24.0 Å². The lowest BCUT2D eigenvalue weighted by Gasteiger charge is -2.26. The first-order valence-corrected chi connectivity index (χ1v) is 10.1. The Morgan fingerprint density at radius 3 is 2.77 bits per heavy atom. The van der Waals surface area contributed by atoms with Crippen molar-refractivity contribution < 1.29 is 14.3 Å². The van der Waals surface area contributed by atoms with Crippen molar-refractivity contribution in [1.29, 1.82) is 0 Å². The summed E-state index contributed by atoms with van der Waals surface area (Å²) >= 11 is 0. The summed E-state index contributed by atoms with van der Waals surface area (Å²) in [5.41, 5.74) is 2.29. The maximum absolute atomic E-state index is 12.4. The van der Waals surface area contributed by atoms with Gasteiger partial charge in [0.2, 0.25) is 0 Å². The number of hydrogen-bond donors (Lipinski definition) is 2. The summed E-state index contributed by atoms with van der Waals surface area (Å²) in [5, 5.41) is 7.00. The summed E-state index contributed by atoms with van der Waals surface area (Å²) in [7, 11) is 0. The van der Waals surface area contributed by atoms with Crippen molar-refractivity contribution in [1.82, 2.24) is 25.1 Å². The van der Waals surface area contributed by atoms with Gasteiger partial charge in [-0.25, -0.2) is 4.98 Å². The molecule has 0 aliphatic carbocycles. The lowest BCUT2D eigenvalue weighted by molar-refractivity contribution is -0.137. The van der Waals surface area contributed by atoms with Gasteiger partial charge in [0.25, 0.3) is 11.5 Å². The molecule has 3 aromatic rings. The maximum Gasteiger partial charge on any atom is 0.279 e. The fraction of sp³-hybridized carbons (Fsp3) is 0.429. The standard InChI is InChI=1S/C21H25N5O4/c1-13(2)18-19-20(25-24-18)21(28)23-16(22-19)11-14-5-3-4-6-15(14)30-12-17(27)26-7-9-29-10-8-26/h3-6,13H,7-12H2,1-2H3,(H,24,25)(H,22,23,28). The van der Waals surface area contributed by atoms with Gasteiger partial charge in [0, 0.05) is 25.1 Å². The fourth-order valence-electron chi connectivity index (χ4n) is 3.48. The fourth-order valence-corrected chi connectivity index (χ4v) is 3.48. The summed E-state index contributed by atoms with van der Waals surface area (Å²) in [6.07, 6.45) is 0.371. The van der Waals surface area contributed by atoms with Crippen molar-refractivity contribution >= 4 is 16.9 Å². The summed E-state index contributed by atoms with van der Waals surface area (Å²) in [6.45, 7) is 6.26. The van der Waals surface area contributed by atoms with Gasteiger partial charge in [-0.05, 0) is 12.0 Å². The Morgan fingerprint density at radius 2 is 2.00 bits per heavy atom. The number of morpholine rings is 1. The zero-order valence-corrected chi connectivity index (χ0v) is 17.1. The van der Waals surface area contributed by atoms with E-state index >= 15 is 0 Å². The van der Waals surface area contributed by atoms with Crippen LogP contribution in [-0.4, -0.2) is 63.9 Å². The monoisotopic (exact) mass is 411 g/mol. The topological polar surface area (TPSA) is 113 Å². The van der Waals surface area contributed by atoms with Gasteiger partial charge in [-0.15, -0.1) is 0 Å². The lowest BCUT2D eigenvalue weighted by Crippen LogP contribution is -2.43. The number of fused-ring (bicyclic) bond motifs is 1. The highest BCUT2D eigenvalue weighted by Crippen LogP contribution is 2.22. The number of amides is 1. The first-order valence-electron chi connectivity index (χ1n) is 10.1. The second-order valence-electron chi connectivity index (χ2n) is 7.57. The first-order chi connectivity index (χ1) is 14.5. The minimum atomic E-state index is -0.279. The third kappa shape index (κ3) is 4.20. The minimum Gasteiger partial charge on any atom is -0.483 e. The number of ether oxygens (including phenoxy) is 2. The van der Waals surface area contributed by atoms with E-state index in [1.165, 1.54) is 0 Å². The van der Waals surface area contributed by atoms with Gasteiger partial charge in [0.05, 0.1) is 18.9 Å². The zero-order valence-electron chi connectivity index (χ0n) is 17.1. The Labute approximate surface area is 173 Å². The SMILES string of the molecule is CC(C)c1[nH]nc2c(=O)[nH]c(Cc3ccccc3OCC(=O)N3CCOCC3)nc12. The molecule has 0 spiro atoms. The van der Waals surface area contributed by atoms with E-state index in [4.69, 9.17) is 9.47 Å². The molecule has 1 fully saturated rings. The van der Waals surface area contributed by atoms with Crippen LogP contribution in [0.3, 0.4) is 0 Å². The van der Waals surface area contributed by atoms with E-state index in [0.29, 0.717) is 55.3 Å². The van der Waals surface area contributed by atoms with Gasteiger partial charge < -0.3 is 19.4 Å². The third-order valence-corrected chi connectivity index (χ3v) is 5.11. The Balaban J connectivity index is 1.53. The molecule has 1 saturated heterocycles. The Morgan fingerprint density at radius 1 is 1.23 bits per heavy atom. The molecule has 9 nitrogen and oxygen atoms in total. The van der Waals surface area contributed by atoms with Crippen LogP contribution < -0.4 is 10.3 Å². The molecule has 4 rings (SSSR count). The summed E-state index contributed by atoms with van der Waals surface area (Å²) in [4.78, 5) is 34.0. The molecular weight excluding hydrogens is 386 g/mol. The largest absolute Gasteiger partial charge is 0.483 e. The highest BCUT2D eigenvalue weighted by atomic mass is 16.5. The van der Waals surface area contributed by atoms with Crippen LogP contribution in [0.1, 0.15) is 36.8 Å². The number of rotatable bonds is 6. The molecule has 2 N–H and O–H groups in total. The van der Waals surface area contributed by atoms with E-state index in [9.17, 15) is 9.59 Å². The molecule has 0 radical (unpaired) electrons. The Hall–Kier alpha value is -3.20. The van der Waals surface area contributed by atoms with E-state index < -0.39 is 0 Å². The average molecular weight is 411 g/mol. The Bertz CT molecular complexity index is 1100. The Kier molecular flexibility index (Phi) is 5.80. The van der Waals surface area contributed by atoms with Crippen molar-refractivity contribution in [2.75, 3.05) is 32.9 Å². The van der Waals surface area contributed by atoms with E-state index in [1.807, 2.05) is 38.1 Å². The molecule has 0 unspecified atom stereocenters. The lowest BCUT2D eigenvalue weighted by atomic mass is 10.1. The second kappa shape index (κ2) is 8.66. The molecule has 1 aromatic carbocycles. The van der Waals surface area contributed by atoms with Gasteiger partial charge in [-0.1, -0.05) is 32.0 Å². The van der Waals surface area contributed by atoms with Crippen LogP contribution in [0.5, 0.6) is 5.75 Å². The number of aromatic nitrogens is 4. The van der Waals surface area contributed by atoms with Gasteiger partial charge in [-0.3, -0.25) is 14.7 Å². The van der Waals surface area contributed by atoms with Gasteiger partial charge >= 0.3 is 0 Å². The summed E-state index contributed by atoms with van der Waals surface area (Å²) < 4.78 is 11.1. The van der Waals surface area contributed by atoms with E-state index in [0.717, 1.165) is 11.3 Å². The quantitative estimate of drug-likeness (QED) is 0.637. The molecule has 1 aliphatic rings. The number of aromatic amines is 2.